The number of rotatable bonds is 7. The van der Waals surface area contributed by atoms with Crippen LogP contribution in [0.2, 0.25) is 5.02 Å². The number of hydrogen-bond acceptors (Lipinski definition) is 5. The zero-order valence-corrected chi connectivity index (χ0v) is 22.1. The van der Waals surface area contributed by atoms with Gasteiger partial charge in [0, 0.05) is 40.0 Å². The van der Waals surface area contributed by atoms with Gasteiger partial charge in [-0.3, -0.25) is 9.59 Å². The molecule has 0 unspecified atom stereocenters. The monoisotopic (exact) mass is 538 g/mol. The van der Waals surface area contributed by atoms with Crippen LogP contribution >= 0.6 is 11.6 Å². The van der Waals surface area contributed by atoms with E-state index in [2.05, 4.69) is 4.74 Å². The molecule has 0 saturated carbocycles. The van der Waals surface area contributed by atoms with Crippen molar-refractivity contribution in [3.05, 3.63) is 88.7 Å². The third-order valence-electron chi connectivity index (χ3n) is 6.50. The van der Waals surface area contributed by atoms with Crippen LogP contribution in [0.15, 0.2) is 66.7 Å². The number of carbonyl (C=O) groups excluding carboxylic acids is 3. The van der Waals surface area contributed by atoms with Gasteiger partial charge in [0.1, 0.15) is 11.6 Å². The Morgan fingerprint density at radius 1 is 1.05 bits per heavy atom. The number of nitrogens with zero attached hydrogens (tertiary/aromatic N) is 2. The van der Waals surface area contributed by atoms with Gasteiger partial charge in [0.05, 0.1) is 13.2 Å². The van der Waals surface area contributed by atoms with Crippen LogP contribution in [0.4, 0.5) is 15.8 Å². The van der Waals surface area contributed by atoms with Crippen molar-refractivity contribution >= 4 is 40.8 Å². The van der Waals surface area contributed by atoms with E-state index in [0.29, 0.717) is 39.7 Å². The summed E-state index contributed by atoms with van der Waals surface area (Å²) >= 11 is 6.11. The molecule has 1 aliphatic rings. The number of esters is 1. The van der Waals surface area contributed by atoms with Gasteiger partial charge in [0.25, 0.3) is 5.91 Å². The second-order valence-electron chi connectivity index (χ2n) is 8.96. The largest absolute Gasteiger partial charge is 0.482 e. The van der Waals surface area contributed by atoms with Crippen molar-refractivity contribution in [2.75, 3.05) is 23.5 Å². The van der Waals surface area contributed by atoms with Crippen LogP contribution in [0.5, 0.6) is 5.75 Å². The maximum Gasteiger partial charge on any atom is 0.343 e. The number of hydrogen-bond donors (Lipinski definition) is 0. The van der Waals surface area contributed by atoms with Gasteiger partial charge >= 0.3 is 5.97 Å². The van der Waals surface area contributed by atoms with E-state index in [4.69, 9.17) is 16.3 Å². The third kappa shape index (κ3) is 5.65. The van der Waals surface area contributed by atoms with E-state index in [9.17, 15) is 18.8 Å². The minimum atomic E-state index is -0.537. The lowest BCUT2D eigenvalue weighted by Gasteiger charge is -2.43. The van der Waals surface area contributed by atoms with Crippen molar-refractivity contribution in [3.8, 4) is 5.75 Å². The summed E-state index contributed by atoms with van der Waals surface area (Å²) < 4.78 is 23.8. The van der Waals surface area contributed by atoms with Gasteiger partial charge in [-0.05, 0) is 80.1 Å². The molecule has 1 aliphatic heterocycles. The van der Waals surface area contributed by atoms with Gasteiger partial charge < -0.3 is 19.3 Å². The molecular weight excluding hydrogens is 511 g/mol. The second kappa shape index (κ2) is 11.6. The molecule has 3 aromatic carbocycles. The van der Waals surface area contributed by atoms with Crippen molar-refractivity contribution in [2.24, 2.45) is 0 Å². The molecule has 0 aromatic heterocycles. The van der Waals surface area contributed by atoms with Crippen LogP contribution in [0.1, 0.15) is 48.7 Å². The van der Waals surface area contributed by atoms with Crippen LogP contribution in [0.25, 0.3) is 0 Å². The van der Waals surface area contributed by atoms with Crippen LogP contribution in [-0.4, -0.2) is 37.5 Å². The highest BCUT2D eigenvalue weighted by Gasteiger charge is 2.39. The van der Waals surface area contributed by atoms with E-state index in [1.54, 1.807) is 59.2 Å². The molecule has 3 aromatic rings. The summed E-state index contributed by atoms with van der Waals surface area (Å²) in [7, 11) is 1.27. The predicted octanol–water partition coefficient (Wildman–Crippen LogP) is 5.95. The Bertz CT molecular complexity index is 1330. The summed E-state index contributed by atoms with van der Waals surface area (Å²) in [5.41, 5.74) is 2.28. The molecule has 0 saturated heterocycles. The number of carbonyl (C=O) groups is 3. The number of methoxy groups -OCH3 is 1. The topological polar surface area (TPSA) is 76.2 Å². The Hall–Kier alpha value is -3.91. The molecule has 2 atom stereocenters. The van der Waals surface area contributed by atoms with E-state index in [1.165, 1.54) is 31.4 Å². The quantitative estimate of drug-likeness (QED) is 0.347. The van der Waals surface area contributed by atoms with E-state index >= 15 is 0 Å². The molecule has 198 valence electrons. The van der Waals surface area contributed by atoms with Gasteiger partial charge in [0.2, 0.25) is 5.91 Å². The zero-order valence-electron chi connectivity index (χ0n) is 21.3. The van der Waals surface area contributed by atoms with Crippen LogP contribution in [-0.2, 0) is 14.3 Å². The fourth-order valence-electron chi connectivity index (χ4n) is 4.66. The minimum absolute atomic E-state index is 0.102. The number of fused-ring (bicyclic) bond motifs is 1. The predicted molar refractivity (Wildman–Crippen MR) is 143 cm³/mol. The Morgan fingerprint density at radius 3 is 2.37 bits per heavy atom. The van der Waals surface area contributed by atoms with Crippen LogP contribution in [0.3, 0.4) is 0 Å². The summed E-state index contributed by atoms with van der Waals surface area (Å²) in [4.78, 5) is 41.9. The van der Waals surface area contributed by atoms with Gasteiger partial charge in [-0.15, -0.1) is 0 Å². The number of ether oxygens (including phenoxy) is 2. The van der Waals surface area contributed by atoms with Crippen molar-refractivity contribution in [1.29, 1.82) is 0 Å². The van der Waals surface area contributed by atoms with Crippen molar-refractivity contribution in [3.63, 3.8) is 0 Å². The number of benzene rings is 3. The highest BCUT2D eigenvalue weighted by Crippen LogP contribution is 2.44. The molecule has 0 radical (unpaired) electrons. The fourth-order valence-corrected chi connectivity index (χ4v) is 4.78. The Morgan fingerprint density at radius 2 is 1.74 bits per heavy atom. The Balaban J connectivity index is 1.82. The summed E-state index contributed by atoms with van der Waals surface area (Å²) in [5.74, 6) is -0.972. The van der Waals surface area contributed by atoms with E-state index in [1.807, 2.05) is 6.92 Å². The first-order valence-electron chi connectivity index (χ1n) is 12.2. The smallest absolute Gasteiger partial charge is 0.343 e. The first-order chi connectivity index (χ1) is 18.2. The van der Waals surface area contributed by atoms with Crippen molar-refractivity contribution in [1.82, 2.24) is 0 Å². The van der Waals surface area contributed by atoms with E-state index < -0.39 is 17.8 Å². The number of amides is 2. The van der Waals surface area contributed by atoms with E-state index in [0.717, 1.165) is 0 Å². The van der Waals surface area contributed by atoms with Gasteiger partial charge in [-0.1, -0.05) is 18.5 Å². The summed E-state index contributed by atoms with van der Waals surface area (Å²) in [6, 6.07) is 16.8. The number of anilines is 2. The molecule has 0 aliphatic carbocycles. The highest BCUT2D eigenvalue weighted by molar-refractivity contribution is 6.30. The first kappa shape index (κ1) is 27.1. The molecule has 9 heteroatoms. The summed E-state index contributed by atoms with van der Waals surface area (Å²) in [6.45, 7) is 3.41. The Labute approximate surface area is 225 Å². The molecule has 2 amide bonds. The summed E-state index contributed by atoms with van der Waals surface area (Å²) in [5, 5.41) is 0.546. The molecule has 0 spiro atoms. The van der Waals surface area contributed by atoms with Crippen LogP contribution in [0, 0.1) is 5.82 Å². The lowest BCUT2D eigenvalue weighted by molar-refractivity contribution is -0.142. The molecular formula is C29H28ClFN2O5. The Kier molecular flexibility index (Phi) is 8.32. The molecule has 7 nitrogen and oxygen atoms in total. The van der Waals surface area contributed by atoms with Crippen molar-refractivity contribution in [2.45, 2.75) is 38.8 Å². The van der Waals surface area contributed by atoms with Gasteiger partial charge in [-0.2, -0.15) is 0 Å². The lowest BCUT2D eigenvalue weighted by Crippen LogP contribution is -2.47. The molecule has 0 bridgehead atoms. The maximum absolute atomic E-state index is 13.6. The zero-order chi connectivity index (χ0) is 27.4. The molecule has 38 heavy (non-hydrogen) atoms. The average molecular weight is 539 g/mol. The maximum atomic E-state index is 13.6. The van der Waals surface area contributed by atoms with Crippen molar-refractivity contribution < 1.29 is 28.2 Å². The normalized spacial score (nSPS) is 16.4. The second-order valence-corrected chi connectivity index (χ2v) is 9.40. The van der Waals surface area contributed by atoms with Gasteiger partial charge in [-0.25, -0.2) is 9.18 Å². The molecule has 1 heterocycles. The van der Waals surface area contributed by atoms with Gasteiger partial charge in [0.15, 0.2) is 6.61 Å². The summed E-state index contributed by atoms with van der Waals surface area (Å²) in [6.07, 6.45) is 0.689. The lowest BCUT2D eigenvalue weighted by atomic mass is 9.89. The molecule has 0 fully saturated rings. The third-order valence-corrected chi connectivity index (χ3v) is 6.76. The number of halogens is 2. The van der Waals surface area contributed by atoms with Crippen LogP contribution < -0.4 is 14.5 Å². The SMILES string of the molecule is CCC(=O)N(c1ccc(Cl)cc1)[C@H]1C[C@@H](C)N(C(=O)c2ccc(F)cc2)c2ccc(OCC(=O)OC)cc21. The fraction of sp³-hybridized carbons (Fsp3) is 0.276. The highest BCUT2D eigenvalue weighted by atomic mass is 35.5. The molecule has 0 N–H and O–H groups in total. The average Bonchev–Trinajstić information content (AvgIpc) is 2.92. The molecule has 4 rings (SSSR count). The van der Waals surface area contributed by atoms with E-state index in [-0.39, 0.29) is 30.9 Å². The first-order valence-corrected chi connectivity index (χ1v) is 12.6. The standard InChI is InChI=1S/C29H28ClFN2O5/c1-4-27(34)33(22-11-7-20(30)8-12-22)26-15-18(2)32(29(36)19-5-9-21(31)10-6-19)25-14-13-23(16-24(25)26)38-17-28(35)37-3/h5-14,16,18,26H,4,15,17H2,1-3H3/t18-,26+/m1/s1. The minimum Gasteiger partial charge on any atom is -0.482 e.